The van der Waals surface area contributed by atoms with E-state index in [4.69, 9.17) is 50.4 Å². The monoisotopic (exact) mass is 862 g/mol. The Balaban J connectivity index is 0.000000162. The number of esters is 2. The van der Waals surface area contributed by atoms with Crippen LogP contribution in [0.25, 0.3) is 21.5 Å². The zero-order valence-corrected chi connectivity index (χ0v) is 38.1. The van der Waals surface area contributed by atoms with E-state index in [-0.39, 0.29) is 34.9 Å². The maximum absolute atomic E-state index is 12.5. The Labute approximate surface area is 374 Å². The number of hydrogen-bond donors (Lipinski definition) is 2. The summed E-state index contributed by atoms with van der Waals surface area (Å²) in [6.45, 7) is 12.1. The molecular formula is C52H58N6O6. The van der Waals surface area contributed by atoms with Gasteiger partial charge in [0.05, 0.1) is 47.6 Å². The van der Waals surface area contributed by atoms with Gasteiger partial charge in [0, 0.05) is 70.9 Å². The Morgan fingerprint density at radius 2 is 0.969 bits per heavy atom. The van der Waals surface area contributed by atoms with E-state index in [1.807, 2.05) is 88.6 Å². The minimum Gasteiger partial charge on any atom is -0.496 e. The molecular weight excluding hydrogens is 805 g/mol. The molecule has 0 unspecified atom stereocenters. The normalized spacial score (nSPS) is 18.8. The van der Waals surface area contributed by atoms with Gasteiger partial charge in [-0.25, -0.2) is 9.59 Å². The molecule has 2 aliphatic heterocycles. The van der Waals surface area contributed by atoms with Crippen LogP contribution in [0, 0.1) is 0 Å². The highest BCUT2D eigenvalue weighted by molar-refractivity contribution is 5.95. The average Bonchev–Trinajstić information content (AvgIpc) is 4.23. The van der Waals surface area contributed by atoms with Gasteiger partial charge in [-0.3, -0.25) is 19.9 Å². The smallest absolute Gasteiger partial charge is 0.340 e. The third-order valence-electron chi connectivity index (χ3n) is 14.5. The number of carbonyl (C=O) groups is 2. The molecule has 332 valence electrons. The highest BCUT2D eigenvalue weighted by Crippen LogP contribution is 2.60. The largest absolute Gasteiger partial charge is 0.496 e. The molecule has 6 aromatic rings. The predicted molar refractivity (Wildman–Crippen MR) is 246 cm³/mol. The van der Waals surface area contributed by atoms with E-state index in [9.17, 15) is 9.59 Å². The lowest BCUT2D eigenvalue weighted by Gasteiger charge is -2.39. The van der Waals surface area contributed by atoms with Gasteiger partial charge in [0.25, 0.3) is 0 Å². The molecule has 2 aromatic carbocycles. The predicted octanol–water partition coefficient (Wildman–Crippen LogP) is 9.24. The summed E-state index contributed by atoms with van der Waals surface area (Å²) in [6.07, 6.45) is 10.5. The van der Waals surface area contributed by atoms with Crippen LogP contribution in [0.15, 0.2) is 73.1 Å². The number of benzene rings is 2. The van der Waals surface area contributed by atoms with Crippen LogP contribution >= 0.6 is 0 Å². The van der Waals surface area contributed by atoms with Gasteiger partial charge in [-0.1, -0.05) is 26.0 Å². The molecule has 2 fully saturated rings. The van der Waals surface area contributed by atoms with Gasteiger partial charge >= 0.3 is 11.9 Å². The SMILES string of the molecule is CC[C@@H](N)c1ccc(OC)c2cnc(Cc3ccc4c(n3)C3(CC3)C(C)(C)OC4=O)cc12.CC[C@H](N)c1ccc(OC)c2cnc(Cc3ccc4c(n3)C3(CC3)C(C)(C)OC4=O)cc12. The summed E-state index contributed by atoms with van der Waals surface area (Å²) < 4.78 is 22.6. The van der Waals surface area contributed by atoms with Crippen molar-refractivity contribution in [2.24, 2.45) is 11.5 Å². The molecule has 64 heavy (non-hydrogen) atoms. The molecule has 0 saturated heterocycles. The topological polar surface area (TPSA) is 175 Å². The van der Waals surface area contributed by atoms with Crippen molar-refractivity contribution in [1.82, 2.24) is 19.9 Å². The number of hydrogen-bond acceptors (Lipinski definition) is 12. The summed E-state index contributed by atoms with van der Waals surface area (Å²) >= 11 is 0. The Kier molecular flexibility index (Phi) is 10.8. The molecule has 4 N–H and O–H groups in total. The first-order chi connectivity index (χ1) is 30.6. The summed E-state index contributed by atoms with van der Waals surface area (Å²) in [5, 5.41) is 4.03. The summed E-state index contributed by atoms with van der Waals surface area (Å²) in [5.41, 5.74) is 20.1. The summed E-state index contributed by atoms with van der Waals surface area (Å²) in [5.74, 6) is 1.01. The first-order valence-electron chi connectivity index (χ1n) is 22.5. The van der Waals surface area contributed by atoms with Crippen LogP contribution in [0.1, 0.15) is 158 Å². The molecule has 12 nitrogen and oxygen atoms in total. The number of rotatable bonds is 10. The fourth-order valence-electron chi connectivity index (χ4n) is 10.1. The average molecular weight is 863 g/mol. The van der Waals surface area contributed by atoms with Crippen molar-refractivity contribution in [2.75, 3.05) is 14.2 Å². The van der Waals surface area contributed by atoms with Gasteiger partial charge in [-0.2, -0.15) is 0 Å². The Hall–Kier alpha value is -5.98. The van der Waals surface area contributed by atoms with Crippen molar-refractivity contribution in [1.29, 1.82) is 0 Å². The summed E-state index contributed by atoms with van der Waals surface area (Å²) in [6, 6.07) is 19.6. The quantitative estimate of drug-likeness (QED) is 0.125. The fourth-order valence-corrected chi connectivity index (χ4v) is 10.1. The number of nitrogens with zero attached hydrogens (tertiary/aromatic N) is 4. The van der Waals surface area contributed by atoms with Gasteiger partial charge in [0.15, 0.2) is 0 Å². The van der Waals surface area contributed by atoms with Crippen molar-refractivity contribution in [2.45, 2.75) is 127 Å². The third kappa shape index (κ3) is 7.15. The van der Waals surface area contributed by atoms with Crippen LogP contribution in [0.2, 0.25) is 0 Å². The van der Waals surface area contributed by atoms with Crippen LogP contribution in [0.5, 0.6) is 11.5 Å². The zero-order chi connectivity index (χ0) is 45.3. The van der Waals surface area contributed by atoms with E-state index in [1.54, 1.807) is 14.2 Å². The molecule has 2 spiro atoms. The van der Waals surface area contributed by atoms with E-state index in [1.165, 1.54) is 0 Å². The fraction of sp³-hybridized carbons (Fsp3) is 0.423. The van der Waals surface area contributed by atoms with Crippen molar-refractivity contribution >= 4 is 33.5 Å². The number of carbonyl (C=O) groups excluding carboxylic acids is 2. The lowest BCUT2D eigenvalue weighted by atomic mass is 9.79. The van der Waals surface area contributed by atoms with Gasteiger partial charge in [0.2, 0.25) is 0 Å². The Morgan fingerprint density at radius 1 is 0.578 bits per heavy atom. The first kappa shape index (κ1) is 43.3. The molecule has 0 bridgehead atoms. The van der Waals surface area contributed by atoms with E-state index in [0.717, 1.165) is 117 Å². The molecule has 6 heterocycles. The lowest BCUT2D eigenvalue weighted by Crippen LogP contribution is -2.46. The number of pyridine rings is 4. The molecule has 0 radical (unpaired) electrons. The standard InChI is InChI=1S/2C26H29N3O3/c2*1-5-21(27)17-8-9-22(31-4)20-14-28-16(13-19(17)20)12-15-6-7-18-23(29-15)26(10-11-26)25(2,3)32-24(18)30/h2*6-9,13-14,21H,5,10-12,27H2,1-4H3/t2*21-/m10/s1. The van der Waals surface area contributed by atoms with Crippen molar-refractivity contribution in [3.8, 4) is 11.5 Å². The molecule has 4 aliphatic rings. The summed E-state index contributed by atoms with van der Waals surface area (Å²) in [7, 11) is 3.33. The molecule has 10 rings (SSSR count). The van der Waals surface area contributed by atoms with Gasteiger partial charge in [-0.05, 0) is 137 Å². The zero-order valence-electron chi connectivity index (χ0n) is 38.1. The van der Waals surface area contributed by atoms with Crippen molar-refractivity contribution in [3.63, 3.8) is 0 Å². The summed E-state index contributed by atoms with van der Waals surface area (Å²) in [4.78, 5) is 44.4. The molecule has 2 aliphatic carbocycles. The van der Waals surface area contributed by atoms with E-state index in [2.05, 4.69) is 26.0 Å². The molecule has 0 amide bonds. The maximum atomic E-state index is 12.5. The van der Waals surface area contributed by atoms with Gasteiger partial charge in [-0.15, -0.1) is 0 Å². The number of cyclic esters (lactones) is 2. The van der Waals surface area contributed by atoms with E-state index < -0.39 is 11.2 Å². The van der Waals surface area contributed by atoms with Gasteiger partial charge < -0.3 is 30.4 Å². The number of aromatic nitrogens is 4. The van der Waals surface area contributed by atoms with Crippen LogP contribution < -0.4 is 20.9 Å². The van der Waals surface area contributed by atoms with Crippen LogP contribution in [0.4, 0.5) is 0 Å². The Morgan fingerprint density at radius 3 is 1.31 bits per heavy atom. The van der Waals surface area contributed by atoms with Crippen LogP contribution in [0.3, 0.4) is 0 Å². The van der Waals surface area contributed by atoms with Crippen LogP contribution in [-0.4, -0.2) is 57.3 Å². The number of ether oxygens (including phenoxy) is 4. The Bertz CT molecular complexity index is 2650. The van der Waals surface area contributed by atoms with Gasteiger partial charge in [0.1, 0.15) is 22.7 Å². The molecule has 12 heteroatoms. The molecule has 2 atom stereocenters. The second kappa shape index (κ2) is 15.9. The highest BCUT2D eigenvalue weighted by Gasteiger charge is 2.64. The number of nitrogens with two attached hydrogens (primary N) is 2. The minimum atomic E-state index is -0.536. The highest BCUT2D eigenvalue weighted by atomic mass is 16.6. The van der Waals surface area contributed by atoms with Crippen LogP contribution in [-0.2, 0) is 33.1 Å². The third-order valence-corrected chi connectivity index (χ3v) is 14.5. The van der Waals surface area contributed by atoms with E-state index >= 15 is 0 Å². The molecule has 4 aromatic heterocycles. The second-order valence-electron chi connectivity index (χ2n) is 18.9. The van der Waals surface area contributed by atoms with E-state index in [0.29, 0.717) is 24.0 Å². The molecule has 2 saturated carbocycles. The van der Waals surface area contributed by atoms with Crippen molar-refractivity contribution < 1.29 is 28.5 Å². The minimum absolute atomic E-state index is 0.0523. The van der Waals surface area contributed by atoms with Crippen molar-refractivity contribution in [3.05, 3.63) is 129 Å². The first-order valence-corrected chi connectivity index (χ1v) is 22.5. The number of methoxy groups -OCH3 is 2. The number of fused-ring (bicyclic) bond motifs is 6. The second-order valence-corrected chi connectivity index (χ2v) is 18.9. The maximum Gasteiger partial charge on any atom is 0.340 e. The lowest BCUT2D eigenvalue weighted by molar-refractivity contribution is -0.0295.